The number of hydrogen-bond acceptors (Lipinski definition) is 6. The van der Waals surface area contributed by atoms with Crippen LogP contribution in [0.25, 0.3) is 11.1 Å². The van der Waals surface area contributed by atoms with E-state index in [0.29, 0.717) is 34.6 Å². The number of aliphatic imine (C=N–C) groups is 1. The second-order valence-electron chi connectivity index (χ2n) is 9.95. The number of benzene rings is 3. The number of amides is 3. The third kappa shape index (κ3) is 8.49. The van der Waals surface area contributed by atoms with E-state index in [9.17, 15) is 18.0 Å². The highest BCUT2D eigenvalue weighted by atomic mass is 32.2. The van der Waals surface area contributed by atoms with Crippen molar-refractivity contribution in [1.82, 2.24) is 9.88 Å². The van der Waals surface area contributed by atoms with Crippen LogP contribution in [0, 0.1) is 0 Å². The third-order valence-corrected chi connectivity index (χ3v) is 7.58. The maximum atomic E-state index is 13.2. The van der Waals surface area contributed by atoms with Gasteiger partial charge in [-0.05, 0) is 60.9 Å². The van der Waals surface area contributed by atoms with Gasteiger partial charge >= 0.3 is 12.1 Å². The molecule has 0 saturated carbocycles. The summed E-state index contributed by atoms with van der Waals surface area (Å²) < 4.78 is 29.3. The Balaban J connectivity index is 1.43. The summed E-state index contributed by atoms with van der Waals surface area (Å²) in [5.41, 5.74) is 9.66. The van der Waals surface area contributed by atoms with Crippen molar-refractivity contribution in [2.75, 3.05) is 11.9 Å². The van der Waals surface area contributed by atoms with Crippen molar-refractivity contribution < 1.29 is 22.7 Å². The van der Waals surface area contributed by atoms with Crippen molar-refractivity contribution in [3.63, 3.8) is 0 Å². The SMILES string of the molecule is CCCN(Cc1cccc(C(N)=NC(=O)OC(C)c2ccccn2)c1)C(=O)Nc1ccc(-c2ccccc2S(N)(=O)=O)cc1. The van der Waals surface area contributed by atoms with Gasteiger partial charge in [0.15, 0.2) is 0 Å². The maximum absolute atomic E-state index is 13.2. The number of carbonyl (C=O) groups is 2. The highest BCUT2D eigenvalue weighted by Gasteiger charge is 2.17. The molecule has 0 bridgehead atoms. The lowest BCUT2D eigenvalue weighted by Crippen LogP contribution is -2.35. The van der Waals surface area contributed by atoms with Gasteiger partial charge in [0.1, 0.15) is 11.9 Å². The molecule has 4 aromatic rings. The summed E-state index contributed by atoms with van der Waals surface area (Å²) in [6.07, 6.45) is 0.903. The lowest BCUT2D eigenvalue weighted by atomic mass is 10.1. The van der Waals surface area contributed by atoms with E-state index in [0.717, 1.165) is 12.0 Å². The van der Waals surface area contributed by atoms with E-state index >= 15 is 0 Å². The van der Waals surface area contributed by atoms with E-state index in [1.807, 2.05) is 13.0 Å². The van der Waals surface area contributed by atoms with Gasteiger partial charge in [-0.15, -0.1) is 0 Å². The molecule has 0 spiro atoms. The minimum atomic E-state index is -3.91. The molecule has 3 amide bonds. The van der Waals surface area contributed by atoms with Crippen molar-refractivity contribution in [2.24, 2.45) is 15.9 Å². The van der Waals surface area contributed by atoms with Crippen LogP contribution in [0.4, 0.5) is 15.3 Å². The number of amidine groups is 1. The minimum Gasteiger partial charge on any atom is -0.438 e. The number of rotatable bonds is 10. The Morgan fingerprint density at radius 1 is 1.00 bits per heavy atom. The molecular weight excluding hydrogens is 580 g/mol. The second kappa shape index (κ2) is 14.4. The number of aromatic nitrogens is 1. The van der Waals surface area contributed by atoms with Crippen LogP contribution in [0.2, 0.25) is 0 Å². The van der Waals surface area contributed by atoms with E-state index in [-0.39, 0.29) is 23.3 Å². The molecule has 0 saturated heterocycles. The van der Waals surface area contributed by atoms with Crippen LogP contribution in [-0.2, 0) is 21.3 Å². The van der Waals surface area contributed by atoms with Crippen molar-refractivity contribution in [3.05, 3.63) is 114 Å². The lowest BCUT2D eigenvalue weighted by Gasteiger charge is -2.23. The van der Waals surface area contributed by atoms with Gasteiger partial charge in [0.25, 0.3) is 0 Å². The molecule has 5 N–H and O–H groups in total. The highest BCUT2D eigenvalue weighted by Crippen LogP contribution is 2.27. The first-order valence-electron chi connectivity index (χ1n) is 13.9. The Morgan fingerprint density at radius 3 is 2.41 bits per heavy atom. The minimum absolute atomic E-state index is 0.0133. The van der Waals surface area contributed by atoms with E-state index in [1.54, 1.807) is 96.9 Å². The molecule has 0 aliphatic carbocycles. The molecule has 0 aliphatic heterocycles. The van der Waals surface area contributed by atoms with Gasteiger partial charge in [-0.3, -0.25) is 4.98 Å². The predicted octanol–water partition coefficient (Wildman–Crippen LogP) is 5.44. The van der Waals surface area contributed by atoms with Crippen molar-refractivity contribution >= 4 is 33.7 Å². The number of nitrogens with zero attached hydrogens (tertiary/aromatic N) is 3. The van der Waals surface area contributed by atoms with Crippen molar-refractivity contribution in [1.29, 1.82) is 0 Å². The standard InChI is InChI=1S/C32H34N6O5S/c1-3-19-38(31(39)36-26-16-14-24(15-17-26)27-11-4-5-13-29(27)44(34,41)42)21-23-9-8-10-25(20-23)30(33)37-32(40)43-22(2)28-12-6-7-18-35-28/h4-18,20,22H,3,19,21H2,1-2H3,(H,36,39)(H2,33,37,40)(H2,34,41,42). The molecule has 11 nitrogen and oxygen atoms in total. The first kappa shape index (κ1) is 31.9. The van der Waals surface area contributed by atoms with Gasteiger partial charge in [-0.1, -0.05) is 61.5 Å². The van der Waals surface area contributed by atoms with Crippen LogP contribution >= 0.6 is 0 Å². The summed E-state index contributed by atoms with van der Waals surface area (Å²) in [4.78, 5) is 35.3. The summed E-state index contributed by atoms with van der Waals surface area (Å²) in [5.74, 6) is -0.0133. The van der Waals surface area contributed by atoms with E-state index in [4.69, 9.17) is 15.6 Å². The summed E-state index contributed by atoms with van der Waals surface area (Å²) in [5, 5.41) is 8.27. The Kier molecular flexibility index (Phi) is 10.4. The van der Waals surface area contributed by atoms with Crippen LogP contribution < -0.4 is 16.2 Å². The Labute approximate surface area is 256 Å². The normalized spacial score (nSPS) is 12.3. The number of hydrogen-bond donors (Lipinski definition) is 3. The van der Waals surface area contributed by atoms with Gasteiger partial charge in [-0.2, -0.15) is 4.99 Å². The zero-order chi connectivity index (χ0) is 31.7. The number of primary sulfonamides is 1. The lowest BCUT2D eigenvalue weighted by molar-refractivity contribution is 0.115. The third-order valence-electron chi connectivity index (χ3n) is 6.61. The molecule has 44 heavy (non-hydrogen) atoms. The van der Waals surface area contributed by atoms with Gasteiger partial charge in [0.2, 0.25) is 10.0 Å². The van der Waals surface area contributed by atoms with Crippen molar-refractivity contribution in [3.8, 4) is 11.1 Å². The van der Waals surface area contributed by atoms with E-state index in [2.05, 4.69) is 15.3 Å². The van der Waals surface area contributed by atoms with Gasteiger partial charge in [0.05, 0.1) is 10.6 Å². The van der Waals surface area contributed by atoms with Crippen LogP contribution in [0.5, 0.6) is 0 Å². The molecule has 1 aromatic heterocycles. The van der Waals surface area contributed by atoms with Gasteiger partial charge < -0.3 is 20.7 Å². The first-order chi connectivity index (χ1) is 21.0. The molecule has 1 atom stereocenters. The summed E-state index contributed by atoms with van der Waals surface area (Å²) in [6.45, 7) is 4.43. The molecule has 228 valence electrons. The molecule has 1 heterocycles. The van der Waals surface area contributed by atoms with Crippen molar-refractivity contribution in [2.45, 2.75) is 37.8 Å². The smallest absolute Gasteiger partial charge is 0.436 e. The number of pyridine rings is 1. The Morgan fingerprint density at radius 2 is 1.73 bits per heavy atom. The number of sulfonamides is 1. The zero-order valence-electron chi connectivity index (χ0n) is 24.4. The summed E-state index contributed by atoms with van der Waals surface area (Å²) in [7, 11) is -3.91. The van der Waals surface area contributed by atoms with Crippen LogP contribution in [0.15, 0.2) is 107 Å². The molecular formula is C32H34N6O5S. The van der Waals surface area contributed by atoms with Crippen LogP contribution in [-0.4, -0.2) is 42.8 Å². The molecule has 4 rings (SSSR count). The molecule has 3 aromatic carbocycles. The molecule has 12 heteroatoms. The fourth-order valence-electron chi connectivity index (χ4n) is 4.48. The van der Waals surface area contributed by atoms with E-state index in [1.165, 1.54) is 6.07 Å². The highest BCUT2D eigenvalue weighted by molar-refractivity contribution is 7.89. The first-order valence-corrected chi connectivity index (χ1v) is 15.4. The van der Waals surface area contributed by atoms with Crippen LogP contribution in [0.3, 0.4) is 0 Å². The summed E-state index contributed by atoms with van der Waals surface area (Å²) in [6, 6.07) is 25.4. The average molecular weight is 615 g/mol. The quantitative estimate of drug-likeness (QED) is 0.158. The van der Waals surface area contributed by atoms with Gasteiger partial charge in [-0.25, -0.2) is 23.1 Å². The van der Waals surface area contributed by atoms with Crippen LogP contribution in [0.1, 0.15) is 43.2 Å². The average Bonchev–Trinajstić information content (AvgIpc) is 3.01. The fraction of sp³-hybridized carbons (Fsp3) is 0.188. The fourth-order valence-corrected chi connectivity index (χ4v) is 5.24. The molecule has 0 radical (unpaired) electrons. The Bertz CT molecular complexity index is 1740. The number of nitrogens with one attached hydrogen (secondary N) is 1. The zero-order valence-corrected chi connectivity index (χ0v) is 25.2. The summed E-state index contributed by atoms with van der Waals surface area (Å²) >= 11 is 0. The Hall–Kier alpha value is -5.07. The van der Waals surface area contributed by atoms with E-state index < -0.39 is 22.2 Å². The molecule has 0 aliphatic rings. The van der Waals surface area contributed by atoms with Gasteiger partial charge in [0, 0.05) is 36.1 Å². The predicted molar refractivity (Wildman–Crippen MR) is 169 cm³/mol. The molecule has 1 unspecified atom stereocenters. The number of urea groups is 1. The maximum Gasteiger partial charge on any atom is 0.436 e. The monoisotopic (exact) mass is 614 g/mol. The number of nitrogens with two attached hydrogens (primary N) is 2. The second-order valence-corrected chi connectivity index (χ2v) is 11.5. The number of ether oxygens (including phenoxy) is 1. The largest absolute Gasteiger partial charge is 0.438 e. The molecule has 0 fully saturated rings. The number of carbonyl (C=O) groups excluding carboxylic acids is 2. The number of anilines is 1. The topological polar surface area (TPSA) is 170 Å².